The second kappa shape index (κ2) is 11.9. The monoisotopic (exact) mass is 499 g/mol. The minimum atomic E-state index is -0.766. The van der Waals surface area contributed by atoms with E-state index in [0.29, 0.717) is 32.5 Å². The van der Waals surface area contributed by atoms with E-state index in [-0.39, 0.29) is 30.7 Å². The fourth-order valence-corrected chi connectivity index (χ4v) is 5.46. The summed E-state index contributed by atoms with van der Waals surface area (Å²) in [5.74, 6) is -0.450. The lowest BCUT2D eigenvalue weighted by Crippen LogP contribution is -2.61. The van der Waals surface area contributed by atoms with E-state index in [1.54, 1.807) is 45.0 Å². The molecule has 3 aromatic rings. The molecule has 1 atom stereocenters. The summed E-state index contributed by atoms with van der Waals surface area (Å²) in [6, 6.07) is 7.25. The predicted molar refractivity (Wildman–Crippen MR) is 133 cm³/mol. The molecule has 0 spiro atoms. The van der Waals surface area contributed by atoms with Gasteiger partial charge in [-0.25, -0.2) is 4.98 Å². The van der Waals surface area contributed by atoms with Gasteiger partial charge in [0.05, 0.1) is 19.3 Å². The molecular weight excluding hydrogens is 470 g/mol. The number of hydrogen-bond donors (Lipinski definition) is 1. The van der Waals surface area contributed by atoms with Crippen molar-refractivity contribution in [3.8, 4) is 0 Å². The van der Waals surface area contributed by atoms with Gasteiger partial charge in [0.2, 0.25) is 17.7 Å². The highest BCUT2D eigenvalue weighted by molar-refractivity contribution is 7.10. The number of thiophene rings is 2. The van der Waals surface area contributed by atoms with Crippen LogP contribution in [0, 0.1) is 0 Å². The number of piperazine rings is 1. The number of carbonyl (C=O) groups excluding carboxylic acids is 3. The maximum absolute atomic E-state index is 13.4. The molecule has 1 N–H and O–H groups in total. The van der Waals surface area contributed by atoms with Crippen molar-refractivity contribution in [2.24, 2.45) is 0 Å². The van der Waals surface area contributed by atoms with E-state index in [1.165, 1.54) is 4.88 Å². The molecule has 0 radical (unpaired) electrons. The lowest BCUT2D eigenvalue weighted by Gasteiger charge is -2.40. The van der Waals surface area contributed by atoms with Crippen molar-refractivity contribution in [2.45, 2.75) is 38.3 Å². The van der Waals surface area contributed by atoms with E-state index in [4.69, 9.17) is 0 Å². The highest BCUT2D eigenvalue weighted by Gasteiger charge is 2.40. The molecule has 1 unspecified atom stereocenters. The van der Waals surface area contributed by atoms with Crippen LogP contribution >= 0.6 is 22.7 Å². The fraction of sp³-hybridized carbons (Fsp3) is 0.417. The van der Waals surface area contributed by atoms with Crippen LogP contribution in [0.4, 0.5) is 0 Å². The normalized spacial score (nSPS) is 16.3. The maximum atomic E-state index is 13.4. The lowest BCUT2D eigenvalue weighted by molar-refractivity contribution is -0.157. The van der Waals surface area contributed by atoms with Crippen LogP contribution in [-0.4, -0.2) is 69.3 Å². The predicted octanol–water partition coefficient (Wildman–Crippen LogP) is 2.43. The molecule has 4 rings (SSSR count). The zero-order chi connectivity index (χ0) is 23.8. The summed E-state index contributed by atoms with van der Waals surface area (Å²) >= 11 is 3.27. The van der Waals surface area contributed by atoms with E-state index in [9.17, 15) is 14.4 Å². The maximum Gasteiger partial charge on any atom is 0.246 e. The number of carbonyl (C=O) groups is 3. The van der Waals surface area contributed by atoms with Crippen LogP contribution in [0.2, 0.25) is 0 Å². The van der Waals surface area contributed by atoms with Gasteiger partial charge in [0.15, 0.2) is 0 Å². The number of hydrogen-bond acceptors (Lipinski definition) is 6. The summed E-state index contributed by atoms with van der Waals surface area (Å²) in [7, 11) is 0. The number of nitrogens with one attached hydrogen (secondary N) is 1. The van der Waals surface area contributed by atoms with E-state index in [0.717, 1.165) is 17.8 Å². The van der Waals surface area contributed by atoms with Crippen molar-refractivity contribution in [1.82, 2.24) is 24.7 Å². The second-order valence-corrected chi connectivity index (χ2v) is 10.3. The molecular formula is C24H29N5O3S2. The Morgan fingerprint density at radius 1 is 1.06 bits per heavy atom. The molecule has 0 bridgehead atoms. The van der Waals surface area contributed by atoms with Crippen molar-refractivity contribution in [2.75, 3.05) is 26.2 Å². The summed E-state index contributed by atoms with van der Waals surface area (Å²) in [5.41, 5.74) is 0. The van der Waals surface area contributed by atoms with Gasteiger partial charge < -0.3 is 19.7 Å². The first kappa shape index (κ1) is 24.2. The van der Waals surface area contributed by atoms with Crippen molar-refractivity contribution in [3.63, 3.8) is 0 Å². The van der Waals surface area contributed by atoms with Gasteiger partial charge in [-0.15, -0.1) is 22.7 Å². The Labute approximate surface area is 207 Å². The third-order valence-electron chi connectivity index (χ3n) is 5.86. The second-order valence-electron chi connectivity index (χ2n) is 8.23. The third kappa shape index (κ3) is 6.54. The standard InChI is InChI=1S/C24H29N5O3S2/c30-22(26-8-3-10-27-13-9-25-18-27)16-21-24(32)28(11-6-19-4-1-14-33-19)17-23(31)29(21)12-7-20-5-2-15-34-20/h1-2,4-5,9,13-15,18,21H,3,6-8,10-12,16-17H2,(H,26,30). The topological polar surface area (TPSA) is 87.5 Å². The Hall–Kier alpha value is -2.98. The molecule has 3 amide bonds. The molecule has 10 heteroatoms. The molecule has 1 aliphatic heterocycles. The van der Waals surface area contributed by atoms with E-state index in [1.807, 2.05) is 45.8 Å². The molecule has 1 aliphatic rings. The zero-order valence-electron chi connectivity index (χ0n) is 19.0. The van der Waals surface area contributed by atoms with Gasteiger partial charge in [-0.2, -0.15) is 0 Å². The van der Waals surface area contributed by atoms with Crippen molar-refractivity contribution < 1.29 is 14.4 Å². The minimum absolute atomic E-state index is 0.0183. The lowest BCUT2D eigenvalue weighted by atomic mass is 10.0. The Morgan fingerprint density at radius 2 is 1.79 bits per heavy atom. The van der Waals surface area contributed by atoms with Crippen LogP contribution in [-0.2, 0) is 33.8 Å². The Bertz CT molecular complexity index is 1050. The summed E-state index contributed by atoms with van der Waals surface area (Å²) < 4.78 is 1.95. The smallest absolute Gasteiger partial charge is 0.246 e. The highest BCUT2D eigenvalue weighted by Crippen LogP contribution is 2.19. The van der Waals surface area contributed by atoms with Crippen LogP contribution in [0.25, 0.3) is 0 Å². The first-order valence-corrected chi connectivity index (χ1v) is 13.2. The average molecular weight is 500 g/mol. The van der Waals surface area contributed by atoms with E-state index >= 15 is 0 Å². The highest BCUT2D eigenvalue weighted by atomic mass is 32.1. The van der Waals surface area contributed by atoms with E-state index < -0.39 is 6.04 Å². The number of amides is 3. The van der Waals surface area contributed by atoms with Gasteiger partial charge in [0, 0.05) is 48.3 Å². The summed E-state index contributed by atoms with van der Waals surface area (Å²) in [5, 5.41) is 6.91. The molecule has 34 heavy (non-hydrogen) atoms. The summed E-state index contributed by atoms with van der Waals surface area (Å²) in [6.45, 7) is 2.24. The molecule has 1 fully saturated rings. The first-order chi connectivity index (χ1) is 16.6. The average Bonchev–Trinajstić information content (AvgIpc) is 3.61. The summed E-state index contributed by atoms with van der Waals surface area (Å²) in [6.07, 6.45) is 7.46. The van der Waals surface area contributed by atoms with Crippen LogP contribution < -0.4 is 5.32 Å². The molecule has 1 saturated heterocycles. The SMILES string of the molecule is O=C(CC1C(=O)N(CCc2cccs2)CC(=O)N1CCc1cccs1)NCCCn1ccnc1. The minimum Gasteiger partial charge on any atom is -0.356 e. The first-order valence-electron chi connectivity index (χ1n) is 11.5. The van der Waals surface area contributed by atoms with Crippen LogP contribution in [0.5, 0.6) is 0 Å². The van der Waals surface area contributed by atoms with Crippen LogP contribution in [0.1, 0.15) is 22.6 Å². The molecule has 0 aromatic carbocycles. The number of aromatic nitrogens is 2. The van der Waals surface area contributed by atoms with Gasteiger partial charge in [0.1, 0.15) is 6.04 Å². The van der Waals surface area contributed by atoms with Crippen molar-refractivity contribution in [1.29, 1.82) is 0 Å². The Morgan fingerprint density at radius 3 is 2.44 bits per heavy atom. The van der Waals surface area contributed by atoms with E-state index in [2.05, 4.69) is 10.3 Å². The van der Waals surface area contributed by atoms with Gasteiger partial charge in [0.25, 0.3) is 0 Å². The largest absolute Gasteiger partial charge is 0.356 e. The Balaban J connectivity index is 1.36. The number of aryl methyl sites for hydroxylation is 1. The van der Waals surface area contributed by atoms with Crippen LogP contribution in [0.3, 0.4) is 0 Å². The van der Waals surface area contributed by atoms with Gasteiger partial charge in [-0.3, -0.25) is 14.4 Å². The molecule has 0 aliphatic carbocycles. The van der Waals surface area contributed by atoms with Crippen molar-refractivity contribution >= 4 is 40.4 Å². The van der Waals surface area contributed by atoms with Gasteiger partial charge in [-0.05, 0) is 42.2 Å². The zero-order valence-corrected chi connectivity index (χ0v) is 20.6. The van der Waals surface area contributed by atoms with Crippen molar-refractivity contribution in [3.05, 3.63) is 63.5 Å². The summed E-state index contributed by atoms with van der Waals surface area (Å²) in [4.78, 5) is 48.7. The molecule has 0 saturated carbocycles. The van der Waals surface area contributed by atoms with Gasteiger partial charge in [-0.1, -0.05) is 12.1 Å². The third-order valence-corrected chi connectivity index (χ3v) is 7.73. The molecule has 4 heterocycles. The number of nitrogens with zero attached hydrogens (tertiary/aromatic N) is 4. The molecule has 3 aromatic heterocycles. The number of rotatable bonds is 12. The quantitative estimate of drug-likeness (QED) is 0.388. The fourth-order valence-electron chi connectivity index (χ4n) is 4.06. The number of imidazole rings is 1. The molecule has 8 nitrogen and oxygen atoms in total. The molecule has 180 valence electrons. The Kier molecular flexibility index (Phi) is 8.48. The van der Waals surface area contributed by atoms with Gasteiger partial charge >= 0.3 is 0 Å². The van der Waals surface area contributed by atoms with Crippen LogP contribution in [0.15, 0.2) is 53.7 Å².